The van der Waals surface area contributed by atoms with E-state index in [0.717, 1.165) is 45.4 Å². The van der Waals surface area contributed by atoms with Crippen LogP contribution in [-0.2, 0) is 14.3 Å². The van der Waals surface area contributed by atoms with E-state index in [0.29, 0.717) is 18.8 Å². The Morgan fingerprint density at radius 3 is 2.90 bits per heavy atom. The van der Waals surface area contributed by atoms with Crippen molar-refractivity contribution in [3.05, 3.63) is 0 Å². The lowest BCUT2D eigenvalue weighted by Gasteiger charge is -2.34. The van der Waals surface area contributed by atoms with Gasteiger partial charge in [-0.2, -0.15) is 0 Å². The van der Waals surface area contributed by atoms with E-state index in [1.807, 2.05) is 4.90 Å². The SMILES string of the molecule is O=C(C1CC(O)C1)N1C[C@@H]2COC[C@]2(COCC2CC2)C1. The lowest BCUT2D eigenvalue weighted by molar-refractivity contribution is -0.142. The molecule has 2 saturated heterocycles. The maximum Gasteiger partial charge on any atom is 0.225 e. The number of hydrogen-bond donors (Lipinski definition) is 1. The third-order valence-corrected chi connectivity index (χ3v) is 5.74. The van der Waals surface area contributed by atoms with Gasteiger partial charge in [0, 0.05) is 36.9 Å². The molecule has 118 valence electrons. The van der Waals surface area contributed by atoms with Crippen molar-refractivity contribution in [3.63, 3.8) is 0 Å². The normalized spacial score (nSPS) is 42.0. The van der Waals surface area contributed by atoms with E-state index in [1.54, 1.807) is 0 Å². The van der Waals surface area contributed by atoms with Crippen molar-refractivity contribution in [1.29, 1.82) is 0 Å². The summed E-state index contributed by atoms with van der Waals surface area (Å²) < 4.78 is 11.6. The minimum atomic E-state index is -0.264. The van der Waals surface area contributed by atoms with Crippen LogP contribution >= 0.6 is 0 Å². The minimum Gasteiger partial charge on any atom is -0.393 e. The van der Waals surface area contributed by atoms with Gasteiger partial charge in [-0.3, -0.25) is 4.79 Å². The number of hydrogen-bond acceptors (Lipinski definition) is 4. The van der Waals surface area contributed by atoms with E-state index < -0.39 is 0 Å². The molecule has 0 spiro atoms. The highest BCUT2D eigenvalue weighted by Crippen LogP contribution is 2.43. The number of aliphatic hydroxyl groups is 1. The van der Waals surface area contributed by atoms with Crippen LogP contribution in [0.5, 0.6) is 0 Å². The quantitative estimate of drug-likeness (QED) is 0.809. The van der Waals surface area contributed by atoms with Crippen molar-refractivity contribution in [2.75, 3.05) is 39.5 Å². The fourth-order valence-electron chi connectivity index (χ4n) is 3.96. The summed E-state index contributed by atoms with van der Waals surface area (Å²) in [6.45, 7) is 4.65. The zero-order valence-electron chi connectivity index (χ0n) is 12.5. The fraction of sp³-hybridized carbons (Fsp3) is 0.938. The largest absolute Gasteiger partial charge is 0.393 e. The van der Waals surface area contributed by atoms with Crippen molar-refractivity contribution < 1.29 is 19.4 Å². The number of amides is 1. The fourth-order valence-corrected chi connectivity index (χ4v) is 3.96. The summed E-state index contributed by atoms with van der Waals surface area (Å²) >= 11 is 0. The van der Waals surface area contributed by atoms with Gasteiger partial charge >= 0.3 is 0 Å². The number of likely N-dealkylation sites (tertiary alicyclic amines) is 1. The lowest BCUT2D eigenvalue weighted by Crippen LogP contribution is -2.44. The molecule has 0 aromatic heterocycles. The summed E-state index contributed by atoms with van der Waals surface area (Å²) in [6.07, 6.45) is 3.63. The van der Waals surface area contributed by atoms with E-state index in [1.165, 1.54) is 12.8 Å². The second-order valence-electron chi connectivity index (χ2n) is 7.57. The Hall–Kier alpha value is -0.650. The third kappa shape index (κ3) is 2.60. The Labute approximate surface area is 125 Å². The number of nitrogens with zero attached hydrogens (tertiary/aromatic N) is 1. The lowest BCUT2D eigenvalue weighted by atomic mass is 9.81. The van der Waals surface area contributed by atoms with E-state index in [4.69, 9.17) is 9.47 Å². The third-order valence-electron chi connectivity index (χ3n) is 5.74. The van der Waals surface area contributed by atoms with Gasteiger partial charge in [0.2, 0.25) is 5.91 Å². The van der Waals surface area contributed by atoms with Crippen LogP contribution in [0.3, 0.4) is 0 Å². The number of fused-ring (bicyclic) bond motifs is 1. The maximum absolute atomic E-state index is 12.5. The van der Waals surface area contributed by atoms with Gasteiger partial charge < -0.3 is 19.5 Å². The van der Waals surface area contributed by atoms with Gasteiger partial charge in [0.25, 0.3) is 0 Å². The van der Waals surface area contributed by atoms with Crippen molar-refractivity contribution >= 4 is 5.91 Å². The molecular weight excluding hydrogens is 270 g/mol. The van der Waals surface area contributed by atoms with Crippen LogP contribution in [0, 0.1) is 23.2 Å². The molecule has 4 fully saturated rings. The molecule has 21 heavy (non-hydrogen) atoms. The topological polar surface area (TPSA) is 59.0 Å². The van der Waals surface area contributed by atoms with Gasteiger partial charge in [-0.05, 0) is 31.6 Å². The summed E-state index contributed by atoms with van der Waals surface area (Å²) in [5.74, 6) is 1.48. The molecule has 2 aliphatic heterocycles. The average molecular weight is 295 g/mol. The molecule has 1 amide bonds. The molecule has 0 radical (unpaired) electrons. The summed E-state index contributed by atoms with van der Waals surface area (Å²) in [6, 6.07) is 0. The molecule has 2 atom stereocenters. The van der Waals surface area contributed by atoms with E-state index >= 15 is 0 Å². The van der Waals surface area contributed by atoms with Crippen LogP contribution in [-0.4, -0.2) is 61.5 Å². The van der Waals surface area contributed by atoms with E-state index in [2.05, 4.69) is 0 Å². The molecule has 2 heterocycles. The second kappa shape index (κ2) is 5.21. The van der Waals surface area contributed by atoms with Crippen LogP contribution in [0.4, 0.5) is 0 Å². The van der Waals surface area contributed by atoms with Crippen LogP contribution in [0.1, 0.15) is 25.7 Å². The summed E-state index contributed by atoms with van der Waals surface area (Å²) in [4.78, 5) is 14.5. The maximum atomic E-state index is 12.5. The Bertz CT molecular complexity index is 419. The first-order chi connectivity index (χ1) is 10.2. The Morgan fingerprint density at radius 1 is 1.38 bits per heavy atom. The van der Waals surface area contributed by atoms with E-state index in [-0.39, 0.29) is 23.3 Å². The molecular formula is C16H25NO4. The molecule has 4 rings (SSSR count). The minimum absolute atomic E-state index is 0.0207. The predicted molar refractivity (Wildman–Crippen MR) is 75.6 cm³/mol. The van der Waals surface area contributed by atoms with Gasteiger partial charge in [-0.1, -0.05) is 0 Å². The van der Waals surface area contributed by atoms with Crippen molar-refractivity contribution in [2.24, 2.45) is 23.2 Å². The number of ether oxygens (including phenoxy) is 2. The molecule has 1 N–H and O–H groups in total. The highest BCUT2D eigenvalue weighted by molar-refractivity contribution is 5.80. The number of carbonyl (C=O) groups is 1. The van der Waals surface area contributed by atoms with Gasteiger partial charge in [-0.15, -0.1) is 0 Å². The number of aliphatic hydroxyl groups excluding tert-OH is 1. The van der Waals surface area contributed by atoms with Gasteiger partial charge in [-0.25, -0.2) is 0 Å². The first-order valence-electron chi connectivity index (χ1n) is 8.29. The smallest absolute Gasteiger partial charge is 0.225 e. The summed E-state index contributed by atoms with van der Waals surface area (Å²) in [5, 5.41) is 9.39. The first-order valence-corrected chi connectivity index (χ1v) is 8.29. The molecule has 2 saturated carbocycles. The van der Waals surface area contributed by atoms with Crippen molar-refractivity contribution in [2.45, 2.75) is 31.8 Å². The molecule has 0 aromatic rings. The first kappa shape index (κ1) is 14.0. The Kier molecular flexibility index (Phi) is 3.47. The predicted octanol–water partition coefficient (Wildman–Crippen LogP) is 0.659. The monoisotopic (exact) mass is 295 g/mol. The second-order valence-corrected chi connectivity index (χ2v) is 7.57. The van der Waals surface area contributed by atoms with Crippen LogP contribution < -0.4 is 0 Å². The van der Waals surface area contributed by atoms with Gasteiger partial charge in [0.15, 0.2) is 0 Å². The highest BCUT2D eigenvalue weighted by atomic mass is 16.5. The van der Waals surface area contributed by atoms with Crippen LogP contribution in [0.15, 0.2) is 0 Å². The average Bonchev–Trinajstić information content (AvgIpc) is 3.05. The molecule has 0 aromatic carbocycles. The van der Waals surface area contributed by atoms with Gasteiger partial charge in [0.05, 0.1) is 25.9 Å². The highest BCUT2D eigenvalue weighted by Gasteiger charge is 2.53. The molecule has 5 nitrogen and oxygen atoms in total. The number of rotatable bonds is 5. The van der Waals surface area contributed by atoms with Crippen LogP contribution in [0.2, 0.25) is 0 Å². The molecule has 4 aliphatic rings. The zero-order valence-corrected chi connectivity index (χ0v) is 12.5. The molecule has 0 bridgehead atoms. The zero-order chi connectivity index (χ0) is 14.4. The number of carbonyl (C=O) groups excluding carboxylic acids is 1. The van der Waals surface area contributed by atoms with Crippen LogP contribution in [0.25, 0.3) is 0 Å². The summed E-state index contributed by atoms with van der Waals surface area (Å²) in [5.41, 5.74) is 0.0207. The summed E-state index contributed by atoms with van der Waals surface area (Å²) in [7, 11) is 0. The van der Waals surface area contributed by atoms with E-state index in [9.17, 15) is 9.90 Å². The standard InChI is InChI=1S/C16H25NO4/c18-14-3-12(4-14)15(19)17-5-13-7-21-10-16(13,8-17)9-20-6-11-1-2-11/h11-14,18H,1-10H2/t12?,13-,14?,16-/m1/s1. The Balaban J connectivity index is 1.35. The van der Waals surface area contributed by atoms with Gasteiger partial charge in [0.1, 0.15) is 0 Å². The molecule has 2 aliphatic carbocycles. The Morgan fingerprint density at radius 2 is 2.19 bits per heavy atom. The molecule has 5 heteroatoms. The van der Waals surface area contributed by atoms with Crippen molar-refractivity contribution in [1.82, 2.24) is 4.90 Å². The molecule has 0 unspecified atom stereocenters. The van der Waals surface area contributed by atoms with Crippen molar-refractivity contribution in [3.8, 4) is 0 Å².